The van der Waals surface area contributed by atoms with Crippen LogP contribution in [0.1, 0.15) is 43.7 Å². The van der Waals surface area contributed by atoms with E-state index >= 15 is 0 Å². The molecular weight excluding hydrogens is 526 g/mol. The molecule has 12 heteroatoms. The van der Waals surface area contributed by atoms with E-state index in [1.54, 1.807) is 11.9 Å². The fraction of sp³-hybridized carbons (Fsp3) is 0.586. The molecule has 1 aliphatic heterocycles. The summed E-state index contributed by atoms with van der Waals surface area (Å²) in [5, 5.41) is 12.2. The molecule has 1 saturated heterocycles. The topological polar surface area (TPSA) is 146 Å². The van der Waals surface area contributed by atoms with Crippen molar-refractivity contribution in [3.05, 3.63) is 35.4 Å². The number of morpholine rings is 1. The number of nitrogens with zero attached hydrogens (tertiary/aromatic N) is 5. The van der Waals surface area contributed by atoms with Crippen molar-refractivity contribution in [2.75, 3.05) is 82.1 Å². The van der Waals surface area contributed by atoms with Crippen molar-refractivity contribution in [2.24, 2.45) is 0 Å². The van der Waals surface area contributed by atoms with Gasteiger partial charge in [-0.2, -0.15) is 9.97 Å². The summed E-state index contributed by atoms with van der Waals surface area (Å²) in [5.74, 6) is -0.200. The van der Waals surface area contributed by atoms with Crippen LogP contribution in [0.2, 0.25) is 0 Å². The van der Waals surface area contributed by atoms with Gasteiger partial charge < -0.3 is 25.6 Å². The van der Waals surface area contributed by atoms with Crippen LogP contribution >= 0.6 is 0 Å². The maximum atomic E-state index is 12.1. The number of carbonyl (C=O) groups excluding carboxylic acids is 1. The van der Waals surface area contributed by atoms with Gasteiger partial charge in [-0.1, -0.05) is 37.6 Å². The fourth-order valence-electron chi connectivity index (χ4n) is 4.74. The smallest absolute Gasteiger partial charge is 0.320 e. The van der Waals surface area contributed by atoms with Crippen LogP contribution in [-0.4, -0.2) is 103 Å². The Morgan fingerprint density at radius 2 is 1.93 bits per heavy atom. The summed E-state index contributed by atoms with van der Waals surface area (Å²) < 4.78 is 11.1. The SMILES string of the molecule is CCCCOc1nc(N)c(NC)c(N(C=O)CCCCN(CCN2CCOCC2)Cc2cccc(CC(=O)O)c2)n1. The number of carboxylic acids is 1. The van der Waals surface area contributed by atoms with Crippen molar-refractivity contribution in [3.8, 4) is 6.01 Å². The number of rotatable bonds is 19. The number of aliphatic carboxylic acids is 1. The third kappa shape index (κ3) is 10.8. The predicted octanol–water partition coefficient (Wildman–Crippen LogP) is 2.48. The van der Waals surface area contributed by atoms with E-state index in [9.17, 15) is 14.7 Å². The van der Waals surface area contributed by atoms with Gasteiger partial charge in [0.25, 0.3) is 0 Å². The lowest BCUT2D eigenvalue weighted by molar-refractivity contribution is -0.136. The molecule has 1 amide bonds. The third-order valence-electron chi connectivity index (χ3n) is 6.99. The summed E-state index contributed by atoms with van der Waals surface area (Å²) in [6, 6.07) is 7.95. The maximum absolute atomic E-state index is 12.1. The van der Waals surface area contributed by atoms with Crippen molar-refractivity contribution in [1.29, 1.82) is 0 Å². The van der Waals surface area contributed by atoms with Crippen LogP contribution in [0.25, 0.3) is 0 Å². The minimum atomic E-state index is -0.836. The van der Waals surface area contributed by atoms with Gasteiger partial charge in [0.15, 0.2) is 11.6 Å². The Morgan fingerprint density at radius 1 is 1.17 bits per heavy atom. The van der Waals surface area contributed by atoms with Gasteiger partial charge in [0.2, 0.25) is 6.41 Å². The van der Waals surface area contributed by atoms with Gasteiger partial charge in [-0.05, 0) is 36.9 Å². The molecule has 0 unspecified atom stereocenters. The van der Waals surface area contributed by atoms with Crippen LogP contribution in [0.5, 0.6) is 6.01 Å². The first kappa shape index (κ1) is 32.0. The van der Waals surface area contributed by atoms with Crippen molar-refractivity contribution in [3.63, 3.8) is 0 Å². The molecule has 3 rings (SSSR count). The zero-order chi connectivity index (χ0) is 29.5. The molecule has 0 spiro atoms. The second kappa shape index (κ2) is 17.4. The average molecular weight is 572 g/mol. The predicted molar refractivity (Wildman–Crippen MR) is 159 cm³/mol. The molecule has 0 aliphatic carbocycles. The van der Waals surface area contributed by atoms with Gasteiger partial charge in [0.1, 0.15) is 5.69 Å². The number of nitrogens with one attached hydrogen (secondary N) is 1. The molecule has 1 aromatic heterocycles. The van der Waals surface area contributed by atoms with Crippen LogP contribution in [0, 0.1) is 0 Å². The summed E-state index contributed by atoms with van der Waals surface area (Å²) in [6.07, 6.45) is 4.24. The van der Waals surface area contributed by atoms with E-state index in [4.69, 9.17) is 15.2 Å². The zero-order valence-electron chi connectivity index (χ0n) is 24.4. The molecular formula is C29H45N7O5. The van der Waals surface area contributed by atoms with Gasteiger partial charge in [-0.25, -0.2) is 0 Å². The third-order valence-corrected chi connectivity index (χ3v) is 6.99. The second-order valence-corrected chi connectivity index (χ2v) is 10.2. The highest BCUT2D eigenvalue weighted by molar-refractivity contribution is 5.85. The first-order valence-corrected chi connectivity index (χ1v) is 14.5. The van der Waals surface area contributed by atoms with Crippen LogP contribution in [0.4, 0.5) is 17.3 Å². The quantitative estimate of drug-likeness (QED) is 0.169. The van der Waals surface area contributed by atoms with E-state index in [1.165, 1.54) is 0 Å². The molecule has 226 valence electrons. The number of nitrogens with two attached hydrogens (primary N) is 1. The number of ether oxygens (including phenoxy) is 2. The lowest BCUT2D eigenvalue weighted by Crippen LogP contribution is -2.41. The molecule has 1 aromatic carbocycles. The molecule has 0 saturated carbocycles. The van der Waals surface area contributed by atoms with E-state index in [2.05, 4.69) is 32.0 Å². The van der Waals surface area contributed by atoms with E-state index in [-0.39, 0.29) is 18.2 Å². The Bertz CT molecular complexity index is 1100. The highest BCUT2D eigenvalue weighted by Crippen LogP contribution is 2.30. The van der Waals surface area contributed by atoms with Crippen molar-refractivity contribution >= 4 is 29.7 Å². The lowest BCUT2D eigenvalue weighted by Gasteiger charge is -2.30. The van der Waals surface area contributed by atoms with Gasteiger partial charge >= 0.3 is 12.0 Å². The fourth-order valence-corrected chi connectivity index (χ4v) is 4.74. The summed E-state index contributed by atoms with van der Waals surface area (Å²) in [4.78, 5) is 38.3. The van der Waals surface area contributed by atoms with Crippen molar-refractivity contribution in [2.45, 2.75) is 45.6 Å². The van der Waals surface area contributed by atoms with Crippen LogP contribution in [-0.2, 0) is 27.3 Å². The van der Waals surface area contributed by atoms with Gasteiger partial charge in [0, 0.05) is 46.3 Å². The number of aromatic nitrogens is 2. The lowest BCUT2D eigenvalue weighted by atomic mass is 10.1. The largest absolute Gasteiger partial charge is 0.481 e. The van der Waals surface area contributed by atoms with E-state index < -0.39 is 5.97 Å². The first-order valence-electron chi connectivity index (χ1n) is 14.5. The van der Waals surface area contributed by atoms with Crippen LogP contribution in [0.3, 0.4) is 0 Å². The van der Waals surface area contributed by atoms with Gasteiger partial charge in [0.05, 0.1) is 26.2 Å². The molecule has 2 heterocycles. The standard InChI is InChI=1S/C29H45N7O5/c1-3-4-16-41-29-32-27(30)26(31-2)28(33-29)36(22-37)11-6-5-10-35(13-12-34-14-17-40-18-15-34)21-24-9-7-8-23(19-24)20-25(38)39/h7-9,19,22,31H,3-6,10-18,20-21H2,1-2H3,(H,38,39)(H2,30,32,33). The highest BCUT2D eigenvalue weighted by atomic mass is 16.5. The van der Waals surface area contributed by atoms with E-state index in [0.29, 0.717) is 24.7 Å². The Labute approximate surface area is 242 Å². The van der Waals surface area contributed by atoms with Gasteiger partial charge in [-0.15, -0.1) is 0 Å². The minimum absolute atomic E-state index is 0.0106. The Morgan fingerprint density at radius 3 is 2.63 bits per heavy atom. The molecule has 0 radical (unpaired) electrons. The van der Waals surface area contributed by atoms with Crippen molar-refractivity contribution in [1.82, 2.24) is 19.8 Å². The average Bonchev–Trinajstić information content (AvgIpc) is 2.96. The molecule has 1 aliphatic rings. The number of carbonyl (C=O) groups is 2. The summed E-state index contributed by atoms with van der Waals surface area (Å²) in [5.41, 5.74) is 8.52. The molecule has 0 atom stereocenters. The molecule has 2 aromatic rings. The number of hydrogen-bond donors (Lipinski definition) is 3. The van der Waals surface area contributed by atoms with E-state index in [1.807, 2.05) is 24.3 Å². The molecule has 12 nitrogen and oxygen atoms in total. The number of anilines is 3. The Kier molecular flexibility index (Phi) is 13.6. The Balaban J connectivity index is 1.62. The molecule has 41 heavy (non-hydrogen) atoms. The van der Waals surface area contributed by atoms with Crippen molar-refractivity contribution < 1.29 is 24.2 Å². The molecule has 4 N–H and O–H groups in total. The number of nitrogen functional groups attached to an aromatic ring is 1. The Hall–Kier alpha value is -3.48. The maximum Gasteiger partial charge on any atom is 0.320 e. The summed E-state index contributed by atoms with van der Waals surface area (Å²) in [7, 11) is 1.72. The molecule has 0 bridgehead atoms. The monoisotopic (exact) mass is 571 g/mol. The van der Waals surface area contributed by atoms with Crippen LogP contribution < -0.4 is 20.7 Å². The highest BCUT2D eigenvalue weighted by Gasteiger charge is 2.19. The first-order chi connectivity index (χ1) is 19.9. The summed E-state index contributed by atoms with van der Waals surface area (Å²) >= 11 is 0. The normalized spacial score (nSPS) is 13.7. The number of hydrogen-bond acceptors (Lipinski definition) is 10. The summed E-state index contributed by atoms with van der Waals surface area (Å²) in [6.45, 7) is 9.75. The minimum Gasteiger partial charge on any atom is -0.481 e. The van der Waals surface area contributed by atoms with Gasteiger partial charge in [-0.3, -0.25) is 24.3 Å². The number of unbranched alkanes of at least 4 members (excludes halogenated alkanes) is 2. The number of benzene rings is 1. The zero-order valence-corrected chi connectivity index (χ0v) is 24.4. The number of carboxylic acid groups (broad SMARTS) is 1. The van der Waals surface area contributed by atoms with Crippen LogP contribution in [0.15, 0.2) is 24.3 Å². The van der Waals surface area contributed by atoms with E-state index in [0.717, 1.165) is 95.7 Å². The number of amides is 1. The molecule has 1 fully saturated rings. The second-order valence-electron chi connectivity index (χ2n) is 10.2.